The summed E-state index contributed by atoms with van der Waals surface area (Å²) < 4.78 is 5.12. The highest BCUT2D eigenvalue weighted by Gasteiger charge is 2.08. The van der Waals surface area contributed by atoms with E-state index in [1.165, 1.54) is 0 Å². The molecule has 0 atom stereocenters. The highest BCUT2D eigenvalue weighted by atomic mass is 16.5. The molecule has 0 radical (unpaired) electrons. The van der Waals surface area contributed by atoms with E-state index in [9.17, 15) is 4.79 Å². The van der Waals surface area contributed by atoms with Gasteiger partial charge in [-0.05, 0) is 30.2 Å². The number of nitrogens with one attached hydrogen (secondary N) is 1. The maximum Gasteiger partial charge on any atom is 0.228 e. The topological polar surface area (TPSA) is 51.2 Å². The maximum atomic E-state index is 12.3. The van der Waals surface area contributed by atoms with Crippen molar-refractivity contribution in [3.63, 3.8) is 0 Å². The Morgan fingerprint density at radius 2 is 1.87 bits per heavy atom. The molecule has 0 aliphatic rings. The van der Waals surface area contributed by atoms with Gasteiger partial charge in [0, 0.05) is 17.0 Å². The van der Waals surface area contributed by atoms with E-state index in [2.05, 4.69) is 10.3 Å². The highest BCUT2D eigenvalue weighted by molar-refractivity contribution is 6.02. The summed E-state index contributed by atoms with van der Waals surface area (Å²) in [6.07, 6.45) is 3.82. The van der Waals surface area contributed by atoms with Crippen LogP contribution in [0.3, 0.4) is 0 Å². The van der Waals surface area contributed by atoms with Crippen molar-refractivity contribution in [1.82, 2.24) is 4.98 Å². The first-order valence-corrected chi connectivity index (χ1v) is 7.43. The van der Waals surface area contributed by atoms with Crippen LogP contribution in [0.15, 0.2) is 54.9 Å². The number of methoxy groups -OCH3 is 1. The smallest absolute Gasteiger partial charge is 0.228 e. The van der Waals surface area contributed by atoms with E-state index in [0.717, 1.165) is 33.3 Å². The first-order chi connectivity index (χ1) is 11.2. The first-order valence-electron chi connectivity index (χ1n) is 7.43. The van der Waals surface area contributed by atoms with Gasteiger partial charge >= 0.3 is 0 Å². The highest BCUT2D eigenvalue weighted by Crippen LogP contribution is 2.24. The number of fused-ring (bicyclic) bond motifs is 1. The van der Waals surface area contributed by atoms with Gasteiger partial charge in [-0.25, -0.2) is 0 Å². The van der Waals surface area contributed by atoms with Crippen molar-refractivity contribution in [3.05, 3.63) is 66.0 Å². The molecule has 3 rings (SSSR count). The fourth-order valence-corrected chi connectivity index (χ4v) is 2.57. The van der Waals surface area contributed by atoms with Crippen LogP contribution >= 0.6 is 0 Å². The van der Waals surface area contributed by atoms with Crippen LogP contribution in [0.25, 0.3) is 10.8 Å². The number of carbonyl (C=O) groups is 1. The number of rotatable bonds is 4. The number of anilines is 1. The molecule has 1 amide bonds. The van der Waals surface area contributed by atoms with E-state index in [1.54, 1.807) is 13.3 Å². The molecule has 0 bridgehead atoms. The van der Waals surface area contributed by atoms with Gasteiger partial charge in [0.2, 0.25) is 5.91 Å². The Morgan fingerprint density at radius 3 is 2.61 bits per heavy atom. The van der Waals surface area contributed by atoms with Crippen LogP contribution < -0.4 is 10.1 Å². The molecule has 0 saturated heterocycles. The average molecular weight is 306 g/mol. The van der Waals surface area contributed by atoms with Crippen molar-refractivity contribution >= 4 is 22.4 Å². The lowest BCUT2D eigenvalue weighted by Crippen LogP contribution is -2.14. The second kappa shape index (κ2) is 6.48. The summed E-state index contributed by atoms with van der Waals surface area (Å²) in [5.74, 6) is 0.717. The third-order valence-corrected chi connectivity index (χ3v) is 3.82. The van der Waals surface area contributed by atoms with Gasteiger partial charge in [0.1, 0.15) is 5.75 Å². The van der Waals surface area contributed by atoms with Gasteiger partial charge in [0.25, 0.3) is 0 Å². The van der Waals surface area contributed by atoms with Crippen LogP contribution in [0.5, 0.6) is 5.75 Å². The van der Waals surface area contributed by atoms with E-state index in [-0.39, 0.29) is 5.91 Å². The van der Waals surface area contributed by atoms with E-state index in [1.807, 2.05) is 55.6 Å². The summed E-state index contributed by atoms with van der Waals surface area (Å²) in [5, 5.41) is 5.01. The molecule has 3 aromatic rings. The molecule has 0 aliphatic heterocycles. The standard InChI is InChI=1S/C19H18N2O2/c1-13-4-3-5-16-17(13)11-20-12-18(16)21-19(22)10-14-6-8-15(23-2)9-7-14/h3-9,11-12H,10H2,1-2H3,(H,21,22). The Kier molecular flexibility index (Phi) is 4.24. The van der Waals surface area contributed by atoms with E-state index in [0.29, 0.717) is 6.42 Å². The molecule has 0 saturated carbocycles. The molecule has 0 unspecified atom stereocenters. The minimum absolute atomic E-state index is 0.0639. The molecule has 1 heterocycles. The molecule has 1 N–H and O–H groups in total. The van der Waals surface area contributed by atoms with Gasteiger partial charge < -0.3 is 10.1 Å². The van der Waals surface area contributed by atoms with Gasteiger partial charge in [-0.1, -0.05) is 30.3 Å². The van der Waals surface area contributed by atoms with Crippen molar-refractivity contribution in [2.75, 3.05) is 12.4 Å². The summed E-state index contributed by atoms with van der Waals surface area (Å²) in [6.45, 7) is 2.03. The summed E-state index contributed by atoms with van der Waals surface area (Å²) in [5.41, 5.74) is 2.82. The largest absolute Gasteiger partial charge is 0.497 e. The number of hydrogen-bond acceptors (Lipinski definition) is 3. The molecular weight excluding hydrogens is 288 g/mol. The Bertz CT molecular complexity index is 842. The minimum atomic E-state index is -0.0639. The van der Waals surface area contributed by atoms with Crippen molar-refractivity contribution in [2.24, 2.45) is 0 Å². The van der Waals surface area contributed by atoms with Crippen LogP contribution in [0.2, 0.25) is 0 Å². The second-order valence-electron chi connectivity index (χ2n) is 5.43. The average Bonchev–Trinajstić information content (AvgIpc) is 2.56. The van der Waals surface area contributed by atoms with Crippen LogP contribution in [0.1, 0.15) is 11.1 Å². The van der Waals surface area contributed by atoms with E-state index < -0.39 is 0 Å². The lowest BCUT2D eigenvalue weighted by Gasteiger charge is -2.10. The molecular formula is C19H18N2O2. The predicted octanol–water partition coefficient (Wildman–Crippen LogP) is 3.73. The summed E-state index contributed by atoms with van der Waals surface area (Å²) in [6, 6.07) is 13.5. The molecule has 1 aromatic heterocycles. The predicted molar refractivity (Wildman–Crippen MR) is 91.8 cm³/mol. The van der Waals surface area contributed by atoms with Gasteiger partial charge in [-0.15, -0.1) is 0 Å². The zero-order valence-corrected chi connectivity index (χ0v) is 13.2. The van der Waals surface area contributed by atoms with Crippen LogP contribution in [-0.4, -0.2) is 18.0 Å². The van der Waals surface area contributed by atoms with Crippen molar-refractivity contribution < 1.29 is 9.53 Å². The number of aromatic nitrogens is 1. The Balaban J connectivity index is 1.78. The summed E-state index contributed by atoms with van der Waals surface area (Å²) in [4.78, 5) is 16.5. The monoisotopic (exact) mass is 306 g/mol. The fraction of sp³-hybridized carbons (Fsp3) is 0.158. The van der Waals surface area contributed by atoms with Gasteiger partial charge in [-0.2, -0.15) is 0 Å². The van der Waals surface area contributed by atoms with Crippen molar-refractivity contribution in [2.45, 2.75) is 13.3 Å². The molecule has 0 fully saturated rings. The lowest BCUT2D eigenvalue weighted by molar-refractivity contribution is -0.115. The van der Waals surface area contributed by atoms with Gasteiger partial charge in [-0.3, -0.25) is 9.78 Å². The zero-order chi connectivity index (χ0) is 16.2. The third kappa shape index (κ3) is 3.31. The Morgan fingerprint density at radius 1 is 1.09 bits per heavy atom. The van der Waals surface area contributed by atoms with Crippen LogP contribution in [0, 0.1) is 6.92 Å². The molecule has 23 heavy (non-hydrogen) atoms. The number of carbonyl (C=O) groups excluding carboxylic acids is 1. The van der Waals surface area contributed by atoms with Gasteiger partial charge in [0.15, 0.2) is 0 Å². The number of hydrogen-bond donors (Lipinski definition) is 1. The summed E-state index contributed by atoms with van der Waals surface area (Å²) >= 11 is 0. The molecule has 116 valence electrons. The summed E-state index contributed by atoms with van der Waals surface area (Å²) in [7, 11) is 1.62. The molecule has 0 aliphatic carbocycles. The number of benzene rings is 2. The minimum Gasteiger partial charge on any atom is -0.497 e. The fourth-order valence-electron chi connectivity index (χ4n) is 2.57. The third-order valence-electron chi connectivity index (χ3n) is 3.82. The second-order valence-corrected chi connectivity index (χ2v) is 5.43. The molecule has 4 heteroatoms. The molecule has 2 aromatic carbocycles. The SMILES string of the molecule is COc1ccc(CC(=O)Nc2cncc3c(C)cccc23)cc1. The number of pyridine rings is 1. The number of nitrogens with zero attached hydrogens (tertiary/aromatic N) is 1. The first kappa shape index (κ1) is 15.0. The van der Waals surface area contributed by atoms with Gasteiger partial charge in [0.05, 0.1) is 25.4 Å². The number of amides is 1. The zero-order valence-electron chi connectivity index (χ0n) is 13.2. The van der Waals surface area contributed by atoms with E-state index in [4.69, 9.17) is 4.74 Å². The number of ether oxygens (including phenoxy) is 1. The van der Waals surface area contributed by atoms with Crippen LogP contribution in [0.4, 0.5) is 5.69 Å². The van der Waals surface area contributed by atoms with E-state index >= 15 is 0 Å². The quantitative estimate of drug-likeness (QED) is 0.799. The van der Waals surface area contributed by atoms with Crippen molar-refractivity contribution in [1.29, 1.82) is 0 Å². The molecule has 0 spiro atoms. The Labute approximate surface area is 135 Å². The molecule has 4 nitrogen and oxygen atoms in total. The lowest BCUT2D eigenvalue weighted by atomic mass is 10.1. The van der Waals surface area contributed by atoms with Crippen LogP contribution in [-0.2, 0) is 11.2 Å². The Hall–Kier alpha value is -2.88. The number of aryl methyl sites for hydroxylation is 1. The van der Waals surface area contributed by atoms with Crippen molar-refractivity contribution in [3.8, 4) is 5.75 Å². The normalized spacial score (nSPS) is 10.5. The maximum absolute atomic E-state index is 12.3.